The van der Waals surface area contributed by atoms with Crippen LogP contribution in [0.1, 0.15) is 12.0 Å². The van der Waals surface area contributed by atoms with E-state index in [4.69, 9.17) is 4.74 Å². The molecule has 1 aromatic heterocycles. The standard InChI is InChI=1S/C21H22N4O2S/c1-15-4-8-17(9-5-15)25-20(16-6-10-18(27-2)11-7-16)22-23-21(25)28-14-19(26)24-12-3-13-24/h4-11H,3,12-14H2,1-2H3. The molecule has 0 aliphatic carbocycles. The van der Waals surface area contributed by atoms with Crippen molar-refractivity contribution in [2.45, 2.75) is 18.5 Å². The molecule has 28 heavy (non-hydrogen) atoms. The molecule has 3 aromatic rings. The summed E-state index contributed by atoms with van der Waals surface area (Å²) >= 11 is 1.43. The van der Waals surface area contributed by atoms with Crippen LogP contribution in [0.15, 0.2) is 53.7 Å². The minimum absolute atomic E-state index is 0.153. The molecule has 0 N–H and O–H groups in total. The maximum absolute atomic E-state index is 12.3. The Labute approximate surface area is 168 Å². The van der Waals surface area contributed by atoms with E-state index in [0.29, 0.717) is 10.9 Å². The Morgan fingerprint density at radius 3 is 2.39 bits per heavy atom. The highest BCUT2D eigenvalue weighted by Crippen LogP contribution is 2.29. The van der Waals surface area contributed by atoms with Crippen LogP contribution < -0.4 is 4.74 Å². The van der Waals surface area contributed by atoms with Gasteiger partial charge in [-0.1, -0.05) is 29.5 Å². The molecule has 144 valence electrons. The minimum atomic E-state index is 0.153. The monoisotopic (exact) mass is 394 g/mol. The van der Waals surface area contributed by atoms with Crippen molar-refractivity contribution in [2.24, 2.45) is 0 Å². The lowest BCUT2D eigenvalue weighted by Gasteiger charge is -2.30. The van der Waals surface area contributed by atoms with Crippen molar-refractivity contribution in [3.63, 3.8) is 0 Å². The molecular weight excluding hydrogens is 372 g/mol. The Bertz CT molecular complexity index is 963. The second-order valence-electron chi connectivity index (χ2n) is 6.73. The van der Waals surface area contributed by atoms with Crippen molar-refractivity contribution >= 4 is 17.7 Å². The van der Waals surface area contributed by atoms with Gasteiger partial charge in [0.15, 0.2) is 11.0 Å². The number of thioether (sulfide) groups is 1. The molecule has 0 radical (unpaired) electrons. The van der Waals surface area contributed by atoms with Gasteiger partial charge in [-0.15, -0.1) is 10.2 Å². The number of likely N-dealkylation sites (tertiary alicyclic amines) is 1. The van der Waals surface area contributed by atoms with Crippen LogP contribution in [0.2, 0.25) is 0 Å². The molecule has 0 spiro atoms. The summed E-state index contributed by atoms with van der Waals surface area (Å²) in [6.45, 7) is 3.78. The first-order chi connectivity index (χ1) is 13.7. The van der Waals surface area contributed by atoms with E-state index in [0.717, 1.165) is 42.3 Å². The summed E-state index contributed by atoms with van der Waals surface area (Å²) < 4.78 is 7.26. The molecule has 2 aromatic carbocycles. The van der Waals surface area contributed by atoms with Gasteiger partial charge in [0.1, 0.15) is 5.75 Å². The lowest BCUT2D eigenvalue weighted by Crippen LogP contribution is -2.43. The van der Waals surface area contributed by atoms with Crippen LogP contribution in [0, 0.1) is 6.92 Å². The first kappa shape index (κ1) is 18.6. The van der Waals surface area contributed by atoms with Crippen molar-refractivity contribution in [3.05, 3.63) is 54.1 Å². The first-order valence-corrected chi connectivity index (χ1v) is 10.2. The van der Waals surface area contributed by atoms with Gasteiger partial charge < -0.3 is 9.64 Å². The van der Waals surface area contributed by atoms with Crippen LogP contribution in [0.5, 0.6) is 5.75 Å². The summed E-state index contributed by atoms with van der Waals surface area (Å²) in [6.07, 6.45) is 1.09. The molecule has 1 aliphatic rings. The Morgan fingerprint density at radius 2 is 1.79 bits per heavy atom. The second kappa shape index (κ2) is 8.06. The maximum atomic E-state index is 12.3. The van der Waals surface area contributed by atoms with Crippen LogP contribution >= 0.6 is 11.8 Å². The number of nitrogens with zero attached hydrogens (tertiary/aromatic N) is 4. The topological polar surface area (TPSA) is 60.3 Å². The molecule has 1 aliphatic heterocycles. The largest absolute Gasteiger partial charge is 0.497 e. The van der Waals surface area contributed by atoms with Crippen LogP contribution in [0.3, 0.4) is 0 Å². The number of amides is 1. The molecule has 4 rings (SSSR count). The molecular formula is C21H22N4O2S. The van der Waals surface area contributed by atoms with Crippen molar-refractivity contribution in [2.75, 3.05) is 26.0 Å². The Morgan fingerprint density at radius 1 is 1.07 bits per heavy atom. The normalized spacial score (nSPS) is 13.3. The molecule has 0 saturated carbocycles. The highest BCUT2D eigenvalue weighted by atomic mass is 32.2. The predicted molar refractivity (Wildman–Crippen MR) is 110 cm³/mol. The number of ether oxygens (including phenoxy) is 1. The first-order valence-electron chi connectivity index (χ1n) is 9.23. The number of hydrogen-bond donors (Lipinski definition) is 0. The highest BCUT2D eigenvalue weighted by molar-refractivity contribution is 7.99. The van der Waals surface area contributed by atoms with Gasteiger partial charge in [0.25, 0.3) is 0 Å². The number of methoxy groups -OCH3 is 1. The second-order valence-corrected chi connectivity index (χ2v) is 7.67. The molecule has 2 heterocycles. The number of carbonyl (C=O) groups is 1. The molecule has 1 amide bonds. The summed E-state index contributed by atoms with van der Waals surface area (Å²) in [5.74, 6) is 2.05. The van der Waals surface area contributed by atoms with E-state index in [1.165, 1.54) is 17.3 Å². The number of hydrogen-bond acceptors (Lipinski definition) is 5. The molecule has 7 heteroatoms. The summed E-state index contributed by atoms with van der Waals surface area (Å²) in [5.41, 5.74) is 3.10. The molecule has 0 unspecified atom stereocenters. The van der Waals surface area contributed by atoms with Gasteiger partial charge >= 0.3 is 0 Å². The molecule has 1 saturated heterocycles. The third kappa shape index (κ3) is 3.75. The SMILES string of the molecule is COc1ccc(-c2nnc(SCC(=O)N3CCC3)n2-c2ccc(C)cc2)cc1. The average Bonchev–Trinajstić information content (AvgIpc) is 3.09. The van der Waals surface area contributed by atoms with E-state index < -0.39 is 0 Å². The van der Waals surface area contributed by atoms with Crippen molar-refractivity contribution < 1.29 is 9.53 Å². The Kier molecular flexibility index (Phi) is 5.34. The summed E-state index contributed by atoms with van der Waals surface area (Å²) in [6, 6.07) is 16.0. The zero-order valence-corrected chi connectivity index (χ0v) is 16.8. The lowest BCUT2D eigenvalue weighted by molar-refractivity contribution is -0.131. The van der Waals surface area contributed by atoms with Gasteiger partial charge in [0.2, 0.25) is 5.91 Å². The summed E-state index contributed by atoms with van der Waals surface area (Å²) in [7, 11) is 1.65. The van der Waals surface area contributed by atoms with E-state index in [9.17, 15) is 4.79 Å². The predicted octanol–water partition coefficient (Wildman–Crippen LogP) is 3.58. The third-order valence-corrected chi connectivity index (χ3v) is 5.72. The quantitative estimate of drug-likeness (QED) is 0.598. The number of aryl methyl sites for hydroxylation is 1. The summed E-state index contributed by atoms with van der Waals surface area (Å²) in [5, 5.41) is 9.52. The van der Waals surface area contributed by atoms with E-state index >= 15 is 0 Å². The number of benzene rings is 2. The van der Waals surface area contributed by atoms with Crippen LogP contribution in [-0.2, 0) is 4.79 Å². The number of aromatic nitrogens is 3. The third-order valence-electron chi connectivity index (χ3n) is 4.81. The van der Waals surface area contributed by atoms with Gasteiger partial charge in [-0.25, -0.2) is 0 Å². The van der Waals surface area contributed by atoms with Crippen LogP contribution in [0.25, 0.3) is 17.1 Å². The van der Waals surface area contributed by atoms with Crippen molar-refractivity contribution in [1.82, 2.24) is 19.7 Å². The van der Waals surface area contributed by atoms with Gasteiger partial charge in [-0.3, -0.25) is 9.36 Å². The van der Waals surface area contributed by atoms with Crippen LogP contribution in [-0.4, -0.2) is 51.5 Å². The minimum Gasteiger partial charge on any atom is -0.497 e. The van der Waals surface area contributed by atoms with Crippen molar-refractivity contribution in [1.29, 1.82) is 0 Å². The smallest absolute Gasteiger partial charge is 0.233 e. The fourth-order valence-corrected chi connectivity index (χ4v) is 3.85. The van der Waals surface area contributed by atoms with Crippen LogP contribution in [0.4, 0.5) is 0 Å². The van der Waals surface area contributed by atoms with Gasteiger partial charge in [-0.05, 0) is 49.7 Å². The fourth-order valence-electron chi connectivity index (χ4n) is 3.00. The van der Waals surface area contributed by atoms with E-state index in [1.807, 2.05) is 45.9 Å². The number of rotatable bonds is 6. The van der Waals surface area contributed by atoms with E-state index in [1.54, 1.807) is 7.11 Å². The number of carbonyl (C=O) groups excluding carboxylic acids is 1. The zero-order chi connectivity index (χ0) is 19.5. The van der Waals surface area contributed by atoms with Gasteiger partial charge in [-0.2, -0.15) is 0 Å². The maximum Gasteiger partial charge on any atom is 0.233 e. The Hall–Kier alpha value is -2.80. The molecule has 0 atom stereocenters. The zero-order valence-electron chi connectivity index (χ0n) is 16.0. The highest BCUT2D eigenvalue weighted by Gasteiger charge is 2.22. The molecule has 1 fully saturated rings. The van der Waals surface area contributed by atoms with Crippen molar-refractivity contribution in [3.8, 4) is 22.8 Å². The average molecular weight is 395 g/mol. The summed E-state index contributed by atoms with van der Waals surface area (Å²) in [4.78, 5) is 14.2. The fraction of sp³-hybridized carbons (Fsp3) is 0.286. The van der Waals surface area contributed by atoms with E-state index in [-0.39, 0.29) is 5.91 Å². The van der Waals surface area contributed by atoms with E-state index in [2.05, 4.69) is 29.3 Å². The lowest BCUT2D eigenvalue weighted by atomic mass is 10.2. The Balaban J connectivity index is 1.68. The molecule has 6 nitrogen and oxygen atoms in total. The molecule has 0 bridgehead atoms. The van der Waals surface area contributed by atoms with Gasteiger partial charge in [0.05, 0.1) is 12.9 Å². The van der Waals surface area contributed by atoms with Gasteiger partial charge in [0, 0.05) is 24.3 Å².